The topological polar surface area (TPSA) is 75.8 Å². The van der Waals surface area contributed by atoms with Crippen molar-refractivity contribution in [3.8, 4) is 5.75 Å². The number of phenolic OH excluding ortho intramolecular Hbond substituents is 1. The molecule has 0 radical (unpaired) electrons. The predicted molar refractivity (Wildman–Crippen MR) is 72.6 cm³/mol. The average Bonchev–Trinajstić information content (AvgIpc) is 2.44. The van der Waals surface area contributed by atoms with Gasteiger partial charge in [0.05, 0.1) is 24.4 Å². The van der Waals surface area contributed by atoms with E-state index in [1.165, 1.54) is 18.6 Å². The molecule has 0 aromatic heterocycles. The molecule has 0 unspecified atom stereocenters. The summed E-state index contributed by atoms with van der Waals surface area (Å²) in [5.74, 6) is -0.510. The van der Waals surface area contributed by atoms with Crippen molar-refractivity contribution in [3.05, 3.63) is 23.8 Å². The Morgan fingerprint density at radius 2 is 2.05 bits per heavy atom. The highest BCUT2D eigenvalue weighted by atomic mass is 16.7. The number of benzene rings is 1. The van der Waals surface area contributed by atoms with Crippen LogP contribution in [0.4, 0.5) is 5.69 Å². The number of anilines is 1. The van der Waals surface area contributed by atoms with Gasteiger partial charge in [-0.1, -0.05) is 25.3 Å². The standard InChI is InChI=1S/C14H20N2O3/c1-19-16(10-6-3-2-4-7-10)14(18)11-8-5-9-12(15)13(11)17/h5,8-10,17H,2-4,6-7,15H2,1H3. The SMILES string of the molecule is CON(C(=O)c1cccc(N)c1O)C1CCCCC1. The molecule has 0 aliphatic heterocycles. The number of nitrogens with two attached hydrogens (primary N) is 1. The van der Waals surface area contributed by atoms with Gasteiger partial charge in [0.25, 0.3) is 5.91 Å². The van der Waals surface area contributed by atoms with Gasteiger partial charge >= 0.3 is 0 Å². The molecule has 1 fully saturated rings. The number of para-hydroxylation sites is 1. The van der Waals surface area contributed by atoms with Crippen molar-refractivity contribution in [2.24, 2.45) is 0 Å². The summed E-state index contributed by atoms with van der Waals surface area (Å²) in [7, 11) is 1.48. The second-order valence-electron chi connectivity index (χ2n) is 4.85. The number of rotatable bonds is 3. The Morgan fingerprint density at radius 3 is 2.68 bits per heavy atom. The molecule has 1 aromatic carbocycles. The summed E-state index contributed by atoms with van der Waals surface area (Å²) in [5.41, 5.74) is 6.00. The van der Waals surface area contributed by atoms with Crippen LogP contribution in [0.15, 0.2) is 18.2 Å². The first-order chi connectivity index (χ1) is 9.15. The van der Waals surface area contributed by atoms with E-state index in [1.807, 2.05) is 0 Å². The van der Waals surface area contributed by atoms with Gasteiger partial charge in [0.2, 0.25) is 0 Å². The minimum atomic E-state index is -0.334. The molecule has 104 valence electrons. The first kappa shape index (κ1) is 13.7. The van der Waals surface area contributed by atoms with E-state index >= 15 is 0 Å². The zero-order valence-corrected chi connectivity index (χ0v) is 11.1. The van der Waals surface area contributed by atoms with E-state index in [2.05, 4.69) is 0 Å². The van der Waals surface area contributed by atoms with Crippen LogP contribution in [0, 0.1) is 0 Å². The Bertz CT molecular complexity index is 456. The molecule has 2 rings (SSSR count). The van der Waals surface area contributed by atoms with Crippen LogP contribution in [-0.4, -0.2) is 29.2 Å². The summed E-state index contributed by atoms with van der Waals surface area (Å²) in [6.07, 6.45) is 5.26. The third-order valence-electron chi connectivity index (χ3n) is 3.60. The summed E-state index contributed by atoms with van der Waals surface area (Å²) in [4.78, 5) is 17.7. The Morgan fingerprint density at radius 1 is 1.37 bits per heavy atom. The number of nitrogens with zero attached hydrogens (tertiary/aromatic N) is 1. The van der Waals surface area contributed by atoms with Crippen molar-refractivity contribution < 1.29 is 14.7 Å². The van der Waals surface area contributed by atoms with Crippen LogP contribution in [-0.2, 0) is 4.84 Å². The van der Waals surface area contributed by atoms with Crippen LogP contribution >= 0.6 is 0 Å². The van der Waals surface area contributed by atoms with E-state index in [-0.39, 0.29) is 28.9 Å². The molecule has 0 atom stereocenters. The summed E-state index contributed by atoms with van der Waals surface area (Å²) in [6.45, 7) is 0. The third kappa shape index (κ3) is 2.81. The molecule has 1 aliphatic rings. The number of nitrogen functional groups attached to an aromatic ring is 1. The molecule has 1 aromatic rings. The number of phenols is 1. The average molecular weight is 264 g/mol. The van der Waals surface area contributed by atoms with Crippen molar-refractivity contribution in [1.29, 1.82) is 0 Å². The van der Waals surface area contributed by atoms with Crippen LogP contribution < -0.4 is 5.73 Å². The fourth-order valence-electron chi connectivity index (χ4n) is 2.57. The zero-order chi connectivity index (χ0) is 13.8. The maximum absolute atomic E-state index is 12.4. The lowest BCUT2D eigenvalue weighted by molar-refractivity contribution is -0.129. The van der Waals surface area contributed by atoms with Gasteiger partial charge in [-0.25, -0.2) is 5.06 Å². The van der Waals surface area contributed by atoms with Crippen LogP contribution in [0.5, 0.6) is 5.75 Å². The number of hydroxylamine groups is 2. The van der Waals surface area contributed by atoms with Gasteiger partial charge in [-0.2, -0.15) is 0 Å². The minimum absolute atomic E-state index is 0.0760. The maximum atomic E-state index is 12.4. The van der Waals surface area contributed by atoms with Gasteiger partial charge in [0.1, 0.15) is 0 Å². The van der Waals surface area contributed by atoms with Crippen molar-refractivity contribution in [2.75, 3.05) is 12.8 Å². The number of aromatic hydroxyl groups is 1. The Labute approximate surface area is 112 Å². The molecule has 0 heterocycles. The van der Waals surface area contributed by atoms with E-state index in [4.69, 9.17) is 10.6 Å². The normalized spacial score (nSPS) is 16.3. The van der Waals surface area contributed by atoms with Gasteiger partial charge in [-0.05, 0) is 25.0 Å². The lowest BCUT2D eigenvalue weighted by atomic mass is 9.95. The summed E-state index contributed by atoms with van der Waals surface area (Å²) < 4.78 is 0. The zero-order valence-electron chi connectivity index (χ0n) is 11.1. The van der Waals surface area contributed by atoms with Gasteiger partial charge in [-0.15, -0.1) is 0 Å². The second kappa shape index (κ2) is 5.93. The smallest absolute Gasteiger partial charge is 0.281 e. The highest BCUT2D eigenvalue weighted by molar-refractivity contribution is 5.98. The molecule has 1 saturated carbocycles. The fraction of sp³-hybridized carbons (Fsp3) is 0.500. The number of carbonyl (C=O) groups is 1. The van der Waals surface area contributed by atoms with Crippen molar-refractivity contribution in [2.45, 2.75) is 38.1 Å². The highest BCUT2D eigenvalue weighted by Crippen LogP contribution is 2.29. The highest BCUT2D eigenvalue weighted by Gasteiger charge is 2.28. The van der Waals surface area contributed by atoms with Crippen LogP contribution in [0.2, 0.25) is 0 Å². The largest absolute Gasteiger partial charge is 0.505 e. The molecule has 5 nitrogen and oxygen atoms in total. The molecule has 19 heavy (non-hydrogen) atoms. The Balaban J connectivity index is 2.22. The van der Waals surface area contributed by atoms with Gasteiger partial charge in [-0.3, -0.25) is 9.63 Å². The lowest BCUT2D eigenvalue weighted by Gasteiger charge is -2.32. The number of carbonyl (C=O) groups excluding carboxylic acids is 1. The first-order valence-electron chi connectivity index (χ1n) is 6.60. The van der Waals surface area contributed by atoms with Crippen LogP contribution in [0.3, 0.4) is 0 Å². The van der Waals surface area contributed by atoms with Crippen LogP contribution in [0.25, 0.3) is 0 Å². The molecule has 3 N–H and O–H groups in total. The molecule has 1 amide bonds. The van der Waals surface area contributed by atoms with E-state index in [0.29, 0.717) is 0 Å². The third-order valence-corrected chi connectivity index (χ3v) is 3.60. The van der Waals surface area contributed by atoms with Gasteiger partial charge in [0.15, 0.2) is 5.75 Å². The number of amides is 1. The molecule has 5 heteroatoms. The summed E-state index contributed by atoms with van der Waals surface area (Å²) >= 11 is 0. The quantitative estimate of drug-likeness (QED) is 0.499. The number of hydrogen-bond donors (Lipinski definition) is 2. The molecule has 0 spiro atoms. The summed E-state index contributed by atoms with van der Waals surface area (Å²) in [6, 6.07) is 4.84. The van der Waals surface area contributed by atoms with E-state index in [0.717, 1.165) is 25.7 Å². The fourth-order valence-corrected chi connectivity index (χ4v) is 2.57. The van der Waals surface area contributed by atoms with Crippen LogP contribution in [0.1, 0.15) is 42.5 Å². The molecular formula is C14H20N2O3. The Hall–Kier alpha value is -1.75. The second-order valence-corrected chi connectivity index (χ2v) is 4.85. The minimum Gasteiger partial charge on any atom is -0.505 e. The molecule has 0 bridgehead atoms. The van der Waals surface area contributed by atoms with E-state index in [9.17, 15) is 9.90 Å². The predicted octanol–water partition coefficient (Wildman–Crippen LogP) is 2.31. The maximum Gasteiger partial charge on any atom is 0.281 e. The van der Waals surface area contributed by atoms with Crippen molar-refractivity contribution in [3.63, 3.8) is 0 Å². The Kier molecular flexibility index (Phi) is 4.27. The van der Waals surface area contributed by atoms with Crippen molar-refractivity contribution in [1.82, 2.24) is 5.06 Å². The molecule has 0 saturated heterocycles. The molecular weight excluding hydrogens is 244 g/mol. The number of hydrogen-bond acceptors (Lipinski definition) is 4. The first-order valence-corrected chi connectivity index (χ1v) is 6.60. The monoisotopic (exact) mass is 264 g/mol. The molecule has 1 aliphatic carbocycles. The lowest BCUT2D eigenvalue weighted by Crippen LogP contribution is -2.40. The van der Waals surface area contributed by atoms with Crippen molar-refractivity contribution >= 4 is 11.6 Å². The van der Waals surface area contributed by atoms with E-state index < -0.39 is 0 Å². The van der Waals surface area contributed by atoms with Gasteiger partial charge in [0, 0.05) is 0 Å². The van der Waals surface area contributed by atoms with Gasteiger partial charge < -0.3 is 10.8 Å². The van der Waals surface area contributed by atoms with E-state index in [1.54, 1.807) is 18.2 Å². The summed E-state index contributed by atoms with van der Waals surface area (Å²) in [5, 5.41) is 11.3.